The summed E-state index contributed by atoms with van der Waals surface area (Å²) in [4.78, 5) is 10.4. The number of carbonyl (C=O) groups is 1. The Hall–Kier alpha value is -1.41. The van der Waals surface area contributed by atoms with E-state index in [4.69, 9.17) is 10.2 Å². The van der Waals surface area contributed by atoms with Crippen LogP contribution in [0.4, 0.5) is 0 Å². The predicted octanol–water partition coefficient (Wildman–Crippen LogP) is 2.20. The molecule has 0 aliphatic carbocycles. The molecule has 4 nitrogen and oxygen atoms in total. The third kappa shape index (κ3) is 2.82. The lowest BCUT2D eigenvalue weighted by Crippen LogP contribution is -2.00. The fourth-order valence-electron chi connectivity index (χ4n) is 1.11. The molecule has 0 saturated carbocycles. The van der Waals surface area contributed by atoms with E-state index in [1.807, 2.05) is 0 Å². The number of hydrogen-bond acceptors (Lipinski definition) is 3. The van der Waals surface area contributed by atoms with Crippen LogP contribution < -0.4 is 0 Å². The fraction of sp³-hybridized carbons (Fsp3) is 0.222. The van der Waals surface area contributed by atoms with Crippen LogP contribution in [-0.4, -0.2) is 16.2 Å². The molecule has 1 aromatic rings. The minimum Gasteiger partial charge on any atom is -0.508 e. The molecule has 0 aliphatic heterocycles. The number of rotatable bonds is 4. The molecule has 0 radical (unpaired) electrons. The quantitative estimate of drug-likeness (QED) is 0.750. The number of carboxylic acid groups (broad SMARTS) is 1. The Bertz CT molecular complexity index is 350. The molecule has 2 N–H and O–H groups in total. The third-order valence-corrected chi connectivity index (χ3v) is 2.49. The number of hydrogen-bond donors (Lipinski definition) is 2. The summed E-state index contributed by atoms with van der Waals surface area (Å²) < 4.78 is 10.7. The van der Waals surface area contributed by atoms with Gasteiger partial charge >= 0.3 is 5.97 Å². The molecule has 0 aromatic heterocycles. The number of benzene rings is 1. The van der Waals surface area contributed by atoms with Crippen LogP contribution in [0.25, 0.3) is 0 Å². The minimum absolute atomic E-state index is 0.0431. The molecule has 0 heterocycles. The van der Waals surface area contributed by atoms with E-state index in [-0.39, 0.29) is 20.6 Å². The van der Waals surface area contributed by atoms with Crippen molar-refractivity contribution < 1.29 is 19.6 Å². The van der Waals surface area contributed by atoms with Gasteiger partial charge in [0.2, 0.25) is 0 Å². The van der Waals surface area contributed by atoms with Crippen LogP contribution in [0, 0.1) is 0 Å². The first-order valence-electron chi connectivity index (χ1n) is 3.96. The van der Waals surface area contributed by atoms with Gasteiger partial charge in [0.1, 0.15) is 5.75 Å². The lowest BCUT2D eigenvalue weighted by Gasteiger charge is -2.06. The Morgan fingerprint density at radius 3 is 2.71 bits per heavy atom. The maximum absolute atomic E-state index is 10.7. The Balaban J connectivity index is 2.89. The molecular weight excluding hydrogens is 203 g/mol. The summed E-state index contributed by atoms with van der Waals surface area (Å²) in [5, 5.41) is 17.7. The Morgan fingerprint density at radius 2 is 2.21 bits per heavy atom. The average molecular weight is 212 g/mol. The molecule has 5 heteroatoms. The highest BCUT2D eigenvalue weighted by atomic mass is 31.1. The van der Waals surface area contributed by atoms with Crippen molar-refractivity contribution in [2.75, 3.05) is 0 Å². The number of carboxylic acids is 1. The van der Waals surface area contributed by atoms with Crippen LogP contribution in [0.15, 0.2) is 24.3 Å². The second-order valence-electron chi connectivity index (χ2n) is 2.81. The van der Waals surface area contributed by atoms with E-state index < -0.39 is 11.6 Å². The van der Waals surface area contributed by atoms with Gasteiger partial charge in [0.15, 0.2) is 8.46 Å². The van der Waals surface area contributed by atoms with E-state index in [1.165, 1.54) is 12.1 Å². The fourth-order valence-corrected chi connectivity index (χ4v) is 1.63. The van der Waals surface area contributed by atoms with Crippen molar-refractivity contribution >= 4 is 14.4 Å². The monoisotopic (exact) mass is 212 g/mol. The highest BCUT2D eigenvalue weighted by Gasteiger charge is 2.15. The minimum atomic E-state index is -1.01. The zero-order chi connectivity index (χ0) is 10.6. The van der Waals surface area contributed by atoms with E-state index in [2.05, 4.69) is 0 Å². The van der Waals surface area contributed by atoms with Gasteiger partial charge in [0.05, 0.1) is 12.1 Å². The lowest BCUT2D eigenvalue weighted by molar-refractivity contribution is -0.137. The van der Waals surface area contributed by atoms with Crippen LogP contribution in [-0.2, 0) is 9.36 Å². The molecule has 14 heavy (non-hydrogen) atoms. The van der Waals surface area contributed by atoms with Gasteiger partial charge in [-0.25, -0.2) is 0 Å². The molecule has 1 unspecified atom stereocenters. The molecule has 0 spiro atoms. The number of phenolic OH excluding ortho intramolecular Hbond substituents is 1. The Labute approximate surface area is 82.4 Å². The standard InChI is InChI=1S/C9H9O4P/c10-7-3-1-2-6(4-7)8(14-13)5-9(11)12/h1-4,8,10H,5H2,(H,11,12). The van der Waals surface area contributed by atoms with Gasteiger partial charge in [-0.2, -0.15) is 0 Å². The first kappa shape index (κ1) is 10.7. The smallest absolute Gasteiger partial charge is 0.304 e. The molecule has 0 saturated heterocycles. The Morgan fingerprint density at radius 1 is 1.50 bits per heavy atom. The van der Waals surface area contributed by atoms with Crippen molar-refractivity contribution in [1.29, 1.82) is 0 Å². The maximum atomic E-state index is 10.7. The van der Waals surface area contributed by atoms with E-state index in [0.717, 1.165) is 0 Å². The van der Waals surface area contributed by atoms with Gasteiger partial charge in [-0.1, -0.05) is 12.1 Å². The second-order valence-corrected chi connectivity index (χ2v) is 3.65. The summed E-state index contributed by atoms with van der Waals surface area (Å²) in [6.07, 6.45) is -0.214. The second kappa shape index (κ2) is 4.72. The summed E-state index contributed by atoms with van der Waals surface area (Å²) in [6.45, 7) is 0. The van der Waals surface area contributed by atoms with Crippen molar-refractivity contribution in [2.45, 2.75) is 12.1 Å². The van der Waals surface area contributed by atoms with Crippen molar-refractivity contribution in [2.24, 2.45) is 0 Å². The van der Waals surface area contributed by atoms with Crippen LogP contribution in [0.3, 0.4) is 0 Å². The molecule has 0 fully saturated rings. The van der Waals surface area contributed by atoms with E-state index in [1.54, 1.807) is 12.1 Å². The first-order chi connectivity index (χ1) is 6.63. The number of aromatic hydroxyl groups is 1. The maximum Gasteiger partial charge on any atom is 0.304 e. The highest BCUT2D eigenvalue weighted by molar-refractivity contribution is 7.24. The van der Waals surface area contributed by atoms with Gasteiger partial charge in [-0.05, 0) is 17.7 Å². The first-order valence-corrected chi connectivity index (χ1v) is 4.85. The number of phenols is 1. The number of aliphatic carboxylic acids is 1. The Kier molecular flexibility index (Phi) is 3.60. The summed E-state index contributed by atoms with van der Waals surface area (Å²) in [5.41, 5.74) is -0.0383. The van der Waals surface area contributed by atoms with Gasteiger partial charge in [0.25, 0.3) is 0 Å². The van der Waals surface area contributed by atoms with E-state index in [9.17, 15) is 9.36 Å². The summed E-state index contributed by atoms with van der Waals surface area (Å²) in [7, 11) is -0.254. The van der Waals surface area contributed by atoms with Crippen LogP contribution in [0.5, 0.6) is 5.75 Å². The van der Waals surface area contributed by atoms with Gasteiger partial charge < -0.3 is 10.2 Å². The molecule has 0 bridgehead atoms. The molecular formula is C9H9O4P. The topological polar surface area (TPSA) is 74.6 Å². The van der Waals surface area contributed by atoms with Gasteiger partial charge in [0, 0.05) is 0 Å². The average Bonchev–Trinajstić information content (AvgIpc) is 2.14. The normalized spacial score (nSPS) is 12.6. The molecule has 1 rings (SSSR count). The van der Waals surface area contributed by atoms with Gasteiger partial charge in [-0.15, -0.1) is 0 Å². The van der Waals surface area contributed by atoms with Crippen LogP contribution in [0.2, 0.25) is 0 Å². The highest BCUT2D eigenvalue weighted by Crippen LogP contribution is 2.31. The van der Waals surface area contributed by atoms with Crippen molar-refractivity contribution in [3.63, 3.8) is 0 Å². The van der Waals surface area contributed by atoms with Crippen molar-refractivity contribution in [3.05, 3.63) is 29.8 Å². The predicted molar refractivity (Wildman–Crippen MR) is 50.7 cm³/mol. The molecule has 0 aliphatic rings. The third-order valence-electron chi connectivity index (χ3n) is 1.75. The largest absolute Gasteiger partial charge is 0.508 e. The van der Waals surface area contributed by atoms with E-state index >= 15 is 0 Å². The molecule has 1 aromatic carbocycles. The van der Waals surface area contributed by atoms with Gasteiger partial charge in [-0.3, -0.25) is 9.36 Å². The SMILES string of the molecule is O=PC(CC(=O)O)c1cccc(O)c1. The molecule has 1 atom stereocenters. The molecule has 0 amide bonds. The summed E-state index contributed by atoms with van der Waals surface area (Å²) in [5.74, 6) is -0.969. The summed E-state index contributed by atoms with van der Waals surface area (Å²) in [6, 6.07) is 6.12. The molecule has 74 valence electrons. The van der Waals surface area contributed by atoms with Crippen molar-refractivity contribution in [1.82, 2.24) is 0 Å². The zero-order valence-corrected chi connectivity index (χ0v) is 8.15. The van der Waals surface area contributed by atoms with Crippen LogP contribution >= 0.6 is 8.46 Å². The van der Waals surface area contributed by atoms with Crippen LogP contribution in [0.1, 0.15) is 17.6 Å². The lowest BCUT2D eigenvalue weighted by atomic mass is 10.1. The zero-order valence-electron chi connectivity index (χ0n) is 7.25. The van der Waals surface area contributed by atoms with E-state index in [0.29, 0.717) is 5.56 Å². The summed E-state index contributed by atoms with van der Waals surface area (Å²) >= 11 is 0. The van der Waals surface area contributed by atoms with Crippen molar-refractivity contribution in [3.8, 4) is 5.75 Å².